The maximum atomic E-state index is 11.9. The second-order valence-corrected chi connectivity index (χ2v) is 6.75. The molecule has 6 heteroatoms. The SMILES string of the molecule is CC(CNC(=O)COc1ccccc1)N(C)Cc1ccc(Cl)cc1Cl. The van der Waals surface area contributed by atoms with Crippen molar-refractivity contribution in [1.82, 2.24) is 10.2 Å². The Bertz CT molecular complexity index is 695. The molecule has 0 aliphatic heterocycles. The Balaban J connectivity index is 1.74. The molecule has 0 aliphatic carbocycles. The predicted molar refractivity (Wildman–Crippen MR) is 102 cm³/mol. The van der Waals surface area contributed by atoms with Crippen LogP contribution in [0.3, 0.4) is 0 Å². The zero-order valence-corrected chi connectivity index (χ0v) is 15.8. The Kier molecular flexibility index (Phi) is 7.56. The molecule has 0 saturated heterocycles. The second-order valence-electron chi connectivity index (χ2n) is 5.91. The molecule has 0 fully saturated rings. The summed E-state index contributed by atoms with van der Waals surface area (Å²) < 4.78 is 5.43. The lowest BCUT2D eigenvalue weighted by molar-refractivity contribution is -0.123. The average Bonchev–Trinajstić information content (AvgIpc) is 2.61. The summed E-state index contributed by atoms with van der Waals surface area (Å²) in [6.07, 6.45) is 0. The molecule has 1 amide bonds. The summed E-state index contributed by atoms with van der Waals surface area (Å²) >= 11 is 12.1. The molecule has 0 aliphatic rings. The number of hydrogen-bond donors (Lipinski definition) is 1. The third-order valence-electron chi connectivity index (χ3n) is 3.90. The van der Waals surface area contributed by atoms with Gasteiger partial charge in [-0.05, 0) is 43.8 Å². The van der Waals surface area contributed by atoms with Crippen molar-refractivity contribution in [2.24, 2.45) is 0 Å². The van der Waals surface area contributed by atoms with Gasteiger partial charge < -0.3 is 10.1 Å². The molecule has 0 heterocycles. The van der Waals surface area contributed by atoms with Crippen LogP contribution in [-0.4, -0.2) is 37.0 Å². The number of halogens is 2. The first kappa shape index (κ1) is 19.6. The van der Waals surface area contributed by atoms with E-state index < -0.39 is 0 Å². The molecule has 2 aromatic carbocycles. The monoisotopic (exact) mass is 380 g/mol. The van der Waals surface area contributed by atoms with Crippen LogP contribution in [0.1, 0.15) is 12.5 Å². The summed E-state index contributed by atoms with van der Waals surface area (Å²) in [6, 6.07) is 14.9. The number of hydrogen-bond acceptors (Lipinski definition) is 3. The van der Waals surface area contributed by atoms with Crippen LogP contribution in [0.15, 0.2) is 48.5 Å². The molecule has 2 aromatic rings. The van der Waals surface area contributed by atoms with E-state index in [1.165, 1.54) is 0 Å². The molecule has 0 aromatic heterocycles. The summed E-state index contributed by atoms with van der Waals surface area (Å²) in [5, 5.41) is 4.15. The van der Waals surface area contributed by atoms with Gasteiger partial charge in [-0.25, -0.2) is 0 Å². The Hall–Kier alpha value is -1.75. The number of ether oxygens (including phenoxy) is 1. The third kappa shape index (κ3) is 6.58. The van der Waals surface area contributed by atoms with Crippen LogP contribution in [0.25, 0.3) is 0 Å². The fourth-order valence-corrected chi connectivity index (χ4v) is 2.68. The van der Waals surface area contributed by atoms with Crippen LogP contribution in [0.4, 0.5) is 0 Å². The standard InChI is InChI=1S/C19H22Cl2N2O2/c1-14(23(2)12-15-8-9-16(20)10-18(15)21)11-22-19(24)13-25-17-6-4-3-5-7-17/h3-10,14H,11-13H2,1-2H3,(H,22,24). The van der Waals surface area contributed by atoms with E-state index >= 15 is 0 Å². The van der Waals surface area contributed by atoms with Gasteiger partial charge in [-0.15, -0.1) is 0 Å². The first-order chi connectivity index (χ1) is 12.0. The number of benzene rings is 2. The number of nitrogens with zero attached hydrogens (tertiary/aromatic N) is 1. The Labute approximate surface area is 158 Å². The Morgan fingerprint density at radius 2 is 1.92 bits per heavy atom. The van der Waals surface area contributed by atoms with Gasteiger partial charge in [0.05, 0.1) is 0 Å². The maximum Gasteiger partial charge on any atom is 0.257 e. The molecule has 0 radical (unpaired) electrons. The predicted octanol–water partition coefficient (Wildman–Crippen LogP) is 4.01. The molecule has 1 unspecified atom stereocenters. The zero-order chi connectivity index (χ0) is 18.2. The van der Waals surface area contributed by atoms with Gasteiger partial charge in [0.2, 0.25) is 0 Å². The van der Waals surface area contributed by atoms with Crippen molar-refractivity contribution in [3.8, 4) is 5.75 Å². The van der Waals surface area contributed by atoms with E-state index in [0.29, 0.717) is 28.9 Å². The summed E-state index contributed by atoms with van der Waals surface area (Å²) in [5.74, 6) is 0.536. The highest BCUT2D eigenvalue weighted by Crippen LogP contribution is 2.22. The van der Waals surface area contributed by atoms with Crippen LogP contribution in [-0.2, 0) is 11.3 Å². The minimum absolute atomic E-state index is 0.00343. The number of likely N-dealkylation sites (N-methyl/N-ethyl adjacent to an activating group) is 1. The minimum Gasteiger partial charge on any atom is -0.484 e. The van der Waals surface area contributed by atoms with Crippen molar-refractivity contribution < 1.29 is 9.53 Å². The smallest absolute Gasteiger partial charge is 0.257 e. The first-order valence-corrected chi connectivity index (χ1v) is 8.80. The zero-order valence-electron chi connectivity index (χ0n) is 14.3. The molecule has 0 bridgehead atoms. The lowest BCUT2D eigenvalue weighted by Gasteiger charge is -2.25. The lowest BCUT2D eigenvalue weighted by atomic mass is 10.2. The molecule has 1 atom stereocenters. The second kappa shape index (κ2) is 9.66. The van der Waals surface area contributed by atoms with Crippen molar-refractivity contribution in [1.29, 1.82) is 0 Å². The molecule has 0 saturated carbocycles. The van der Waals surface area contributed by atoms with Gasteiger partial charge in [0, 0.05) is 29.2 Å². The highest BCUT2D eigenvalue weighted by Gasteiger charge is 2.13. The van der Waals surface area contributed by atoms with E-state index in [1.54, 1.807) is 6.07 Å². The van der Waals surface area contributed by atoms with Crippen molar-refractivity contribution in [3.05, 3.63) is 64.1 Å². The maximum absolute atomic E-state index is 11.9. The highest BCUT2D eigenvalue weighted by molar-refractivity contribution is 6.35. The number of para-hydroxylation sites is 1. The van der Waals surface area contributed by atoms with E-state index in [9.17, 15) is 4.79 Å². The average molecular weight is 381 g/mol. The first-order valence-electron chi connectivity index (χ1n) is 8.04. The van der Waals surface area contributed by atoms with E-state index in [1.807, 2.05) is 56.4 Å². The Morgan fingerprint density at radius 1 is 1.20 bits per heavy atom. The fourth-order valence-electron chi connectivity index (χ4n) is 2.21. The third-order valence-corrected chi connectivity index (χ3v) is 4.48. The van der Waals surface area contributed by atoms with Gasteiger partial charge in [-0.3, -0.25) is 9.69 Å². The molecule has 1 N–H and O–H groups in total. The van der Waals surface area contributed by atoms with Gasteiger partial charge in [0.1, 0.15) is 5.75 Å². The van der Waals surface area contributed by atoms with Crippen molar-refractivity contribution >= 4 is 29.1 Å². The van der Waals surface area contributed by atoms with Crippen molar-refractivity contribution in [2.45, 2.75) is 19.5 Å². The quantitative estimate of drug-likeness (QED) is 0.751. The normalized spacial score (nSPS) is 12.0. The fraction of sp³-hybridized carbons (Fsp3) is 0.316. The van der Waals surface area contributed by atoms with Crippen molar-refractivity contribution in [3.63, 3.8) is 0 Å². The van der Waals surface area contributed by atoms with Gasteiger partial charge in [0.15, 0.2) is 6.61 Å². The summed E-state index contributed by atoms with van der Waals surface area (Å²) in [7, 11) is 1.99. The number of carbonyl (C=O) groups excluding carboxylic acids is 1. The van der Waals surface area contributed by atoms with Gasteiger partial charge in [-0.2, -0.15) is 0 Å². The van der Waals surface area contributed by atoms with E-state index in [4.69, 9.17) is 27.9 Å². The van der Waals surface area contributed by atoms with Gasteiger partial charge >= 0.3 is 0 Å². The van der Waals surface area contributed by atoms with Crippen LogP contribution in [0.2, 0.25) is 10.0 Å². The lowest BCUT2D eigenvalue weighted by Crippen LogP contribution is -2.41. The van der Waals surface area contributed by atoms with Crippen LogP contribution >= 0.6 is 23.2 Å². The molecule has 25 heavy (non-hydrogen) atoms. The topological polar surface area (TPSA) is 41.6 Å². The largest absolute Gasteiger partial charge is 0.484 e. The summed E-state index contributed by atoms with van der Waals surface area (Å²) in [4.78, 5) is 14.0. The summed E-state index contributed by atoms with van der Waals surface area (Å²) in [5.41, 5.74) is 0.999. The van der Waals surface area contributed by atoms with E-state index in [-0.39, 0.29) is 18.6 Å². The Morgan fingerprint density at radius 3 is 2.60 bits per heavy atom. The highest BCUT2D eigenvalue weighted by atomic mass is 35.5. The van der Waals surface area contributed by atoms with E-state index in [0.717, 1.165) is 5.56 Å². The number of carbonyl (C=O) groups is 1. The minimum atomic E-state index is -0.145. The van der Waals surface area contributed by atoms with Crippen LogP contribution in [0.5, 0.6) is 5.75 Å². The number of nitrogens with one attached hydrogen (secondary N) is 1. The molecule has 4 nitrogen and oxygen atoms in total. The molecular formula is C19H22Cl2N2O2. The number of rotatable bonds is 8. The molecular weight excluding hydrogens is 359 g/mol. The molecule has 134 valence electrons. The van der Waals surface area contributed by atoms with Crippen molar-refractivity contribution in [2.75, 3.05) is 20.2 Å². The van der Waals surface area contributed by atoms with Crippen LogP contribution in [0, 0.1) is 0 Å². The number of amides is 1. The van der Waals surface area contributed by atoms with Crippen LogP contribution < -0.4 is 10.1 Å². The van der Waals surface area contributed by atoms with E-state index in [2.05, 4.69) is 10.2 Å². The molecule has 0 spiro atoms. The summed E-state index contributed by atoms with van der Waals surface area (Å²) in [6.45, 7) is 3.25. The van der Waals surface area contributed by atoms with Gasteiger partial charge in [0.25, 0.3) is 5.91 Å². The van der Waals surface area contributed by atoms with Gasteiger partial charge in [-0.1, -0.05) is 47.5 Å². The molecule has 2 rings (SSSR count).